The molecule has 0 aromatic heterocycles. The standard InChI is InChI=1S/C20H28N4O2/c1-12-3-2-4-13-9-17(22-19(12)13)20(26)23-16-10-15-6-5-14(16)11-24(15)18(25)7-8-21/h2-4,14-17,22H,5-11,21H2,1H3,(H,23,26)/t14?,15-,16-,17?/m1/s1. The summed E-state index contributed by atoms with van der Waals surface area (Å²) >= 11 is 0. The van der Waals surface area contributed by atoms with Crippen molar-refractivity contribution in [2.75, 3.05) is 18.4 Å². The zero-order valence-corrected chi connectivity index (χ0v) is 15.3. The molecule has 4 atom stereocenters. The number of benzene rings is 1. The predicted molar refractivity (Wildman–Crippen MR) is 101 cm³/mol. The minimum atomic E-state index is -0.193. The van der Waals surface area contributed by atoms with E-state index in [1.54, 1.807) is 0 Å². The van der Waals surface area contributed by atoms with E-state index in [0.717, 1.165) is 37.9 Å². The number of piperidine rings is 2. The number of carbonyl (C=O) groups is 2. The molecule has 6 nitrogen and oxygen atoms in total. The van der Waals surface area contributed by atoms with Gasteiger partial charge in [0, 0.05) is 43.7 Å². The van der Waals surface area contributed by atoms with Gasteiger partial charge < -0.3 is 21.3 Å². The number of carbonyl (C=O) groups excluding carboxylic acids is 2. The maximum atomic E-state index is 12.8. The molecule has 1 aromatic carbocycles. The Morgan fingerprint density at radius 3 is 2.88 bits per heavy atom. The van der Waals surface area contributed by atoms with Gasteiger partial charge in [-0.3, -0.25) is 9.59 Å². The number of aryl methyl sites for hydroxylation is 1. The third-order valence-corrected chi connectivity index (χ3v) is 6.26. The van der Waals surface area contributed by atoms with Crippen LogP contribution in [0.25, 0.3) is 0 Å². The monoisotopic (exact) mass is 356 g/mol. The van der Waals surface area contributed by atoms with Crippen LogP contribution in [0.1, 0.15) is 36.8 Å². The zero-order chi connectivity index (χ0) is 18.3. The Morgan fingerprint density at radius 1 is 1.35 bits per heavy atom. The van der Waals surface area contributed by atoms with Gasteiger partial charge in [-0.2, -0.15) is 0 Å². The number of para-hydroxylation sites is 1. The van der Waals surface area contributed by atoms with E-state index in [1.165, 1.54) is 11.1 Å². The van der Waals surface area contributed by atoms with Crippen LogP contribution >= 0.6 is 0 Å². The minimum Gasteiger partial charge on any atom is -0.373 e. The lowest BCUT2D eigenvalue weighted by Crippen LogP contribution is -2.61. The third kappa shape index (κ3) is 3.07. The SMILES string of the molecule is Cc1cccc2c1NC(C(=O)N[C@@H]1C[C@H]3CCC1CN3C(=O)CCN)C2. The minimum absolute atomic E-state index is 0.0815. The number of anilines is 1. The van der Waals surface area contributed by atoms with E-state index in [9.17, 15) is 9.59 Å². The first-order valence-corrected chi connectivity index (χ1v) is 9.71. The van der Waals surface area contributed by atoms with Gasteiger partial charge >= 0.3 is 0 Å². The summed E-state index contributed by atoms with van der Waals surface area (Å²) in [5.41, 5.74) is 9.04. The lowest BCUT2D eigenvalue weighted by atomic mass is 9.76. The van der Waals surface area contributed by atoms with E-state index in [2.05, 4.69) is 29.7 Å². The topological polar surface area (TPSA) is 87.5 Å². The maximum absolute atomic E-state index is 12.8. The van der Waals surface area contributed by atoms with Crippen molar-refractivity contribution in [3.63, 3.8) is 0 Å². The van der Waals surface area contributed by atoms with Crippen LogP contribution < -0.4 is 16.4 Å². The molecular formula is C20H28N4O2. The van der Waals surface area contributed by atoms with Crippen molar-refractivity contribution in [1.82, 2.24) is 10.2 Å². The normalized spacial score (nSPS) is 29.2. The molecule has 3 heterocycles. The lowest BCUT2D eigenvalue weighted by molar-refractivity contribution is -0.140. The van der Waals surface area contributed by atoms with E-state index >= 15 is 0 Å². The molecule has 5 rings (SSSR count). The molecule has 2 saturated heterocycles. The fourth-order valence-corrected chi connectivity index (χ4v) is 4.86. The van der Waals surface area contributed by atoms with Gasteiger partial charge in [-0.05, 0) is 43.2 Å². The van der Waals surface area contributed by atoms with Gasteiger partial charge in [-0.25, -0.2) is 0 Å². The molecule has 140 valence electrons. The van der Waals surface area contributed by atoms with Gasteiger partial charge in [0.1, 0.15) is 6.04 Å². The summed E-state index contributed by atoms with van der Waals surface area (Å²) in [6.07, 6.45) is 4.15. The van der Waals surface area contributed by atoms with E-state index < -0.39 is 0 Å². The second kappa shape index (κ2) is 6.91. The summed E-state index contributed by atoms with van der Waals surface area (Å²) in [6.45, 7) is 3.23. The number of nitrogens with zero attached hydrogens (tertiary/aromatic N) is 1. The molecule has 0 spiro atoms. The second-order valence-corrected chi connectivity index (χ2v) is 7.94. The number of nitrogens with two attached hydrogens (primary N) is 1. The first-order chi connectivity index (χ1) is 12.6. The van der Waals surface area contributed by atoms with Gasteiger partial charge in [-0.15, -0.1) is 0 Å². The summed E-state index contributed by atoms with van der Waals surface area (Å²) < 4.78 is 0. The van der Waals surface area contributed by atoms with Gasteiger partial charge in [0.2, 0.25) is 11.8 Å². The highest BCUT2D eigenvalue weighted by Gasteiger charge is 2.43. The predicted octanol–water partition coefficient (Wildman–Crippen LogP) is 1.18. The zero-order valence-electron chi connectivity index (χ0n) is 15.3. The third-order valence-electron chi connectivity index (χ3n) is 6.26. The van der Waals surface area contributed by atoms with Crippen molar-refractivity contribution in [1.29, 1.82) is 0 Å². The van der Waals surface area contributed by atoms with Gasteiger partial charge in [0.25, 0.3) is 0 Å². The number of amides is 2. The molecular weight excluding hydrogens is 328 g/mol. The highest BCUT2D eigenvalue weighted by atomic mass is 16.2. The van der Waals surface area contributed by atoms with Crippen LogP contribution in [0.3, 0.4) is 0 Å². The highest BCUT2D eigenvalue weighted by Crippen LogP contribution is 2.36. The molecule has 2 amide bonds. The highest BCUT2D eigenvalue weighted by molar-refractivity contribution is 5.88. The molecule has 3 fully saturated rings. The molecule has 4 aliphatic rings. The summed E-state index contributed by atoms with van der Waals surface area (Å²) in [5, 5.41) is 6.66. The molecule has 2 bridgehead atoms. The van der Waals surface area contributed by atoms with Crippen LogP contribution in [-0.4, -0.2) is 47.9 Å². The molecule has 1 aliphatic carbocycles. The average molecular weight is 356 g/mol. The summed E-state index contributed by atoms with van der Waals surface area (Å²) in [5.74, 6) is 0.601. The van der Waals surface area contributed by atoms with Gasteiger partial charge in [-0.1, -0.05) is 18.2 Å². The fourth-order valence-electron chi connectivity index (χ4n) is 4.86. The molecule has 1 saturated carbocycles. The molecule has 26 heavy (non-hydrogen) atoms. The number of hydrogen-bond acceptors (Lipinski definition) is 4. The van der Waals surface area contributed by atoms with E-state index in [1.807, 2.05) is 11.0 Å². The summed E-state index contributed by atoms with van der Waals surface area (Å²) in [6, 6.07) is 6.44. The van der Waals surface area contributed by atoms with E-state index in [4.69, 9.17) is 5.73 Å². The Kier molecular flexibility index (Phi) is 4.61. The molecule has 6 heteroatoms. The van der Waals surface area contributed by atoms with Crippen molar-refractivity contribution < 1.29 is 9.59 Å². The summed E-state index contributed by atoms with van der Waals surface area (Å²) in [7, 11) is 0. The van der Waals surface area contributed by atoms with E-state index in [-0.39, 0.29) is 29.9 Å². The Hall–Kier alpha value is -2.08. The smallest absolute Gasteiger partial charge is 0.243 e. The molecule has 3 aliphatic heterocycles. The largest absolute Gasteiger partial charge is 0.373 e. The van der Waals surface area contributed by atoms with Crippen molar-refractivity contribution in [2.24, 2.45) is 11.7 Å². The quantitative estimate of drug-likeness (QED) is 0.756. The molecule has 1 aromatic rings. The Morgan fingerprint density at radius 2 is 2.19 bits per heavy atom. The van der Waals surface area contributed by atoms with Gasteiger partial charge in [0.15, 0.2) is 0 Å². The van der Waals surface area contributed by atoms with Crippen LogP contribution in [0.15, 0.2) is 18.2 Å². The van der Waals surface area contributed by atoms with Crippen LogP contribution in [0, 0.1) is 12.8 Å². The van der Waals surface area contributed by atoms with Crippen LogP contribution in [0.2, 0.25) is 0 Å². The van der Waals surface area contributed by atoms with Crippen LogP contribution in [0.4, 0.5) is 5.69 Å². The molecule has 2 unspecified atom stereocenters. The number of hydrogen-bond donors (Lipinski definition) is 3. The Labute approximate surface area is 154 Å². The molecule has 0 radical (unpaired) electrons. The fraction of sp³-hybridized carbons (Fsp3) is 0.600. The maximum Gasteiger partial charge on any atom is 0.243 e. The molecule has 4 N–H and O–H groups in total. The number of fused-ring (bicyclic) bond motifs is 4. The average Bonchev–Trinajstić information content (AvgIpc) is 3.08. The van der Waals surface area contributed by atoms with Crippen molar-refractivity contribution in [3.05, 3.63) is 29.3 Å². The van der Waals surface area contributed by atoms with Crippen LogP contribution in [0.5, 0.6) is 0 Å². The Bertz CT molecular complexity index is 720. The van der Waals surface area contributed by atoms with Crippen LogP contribution in [-0.2, 0) is 16.0 Å². The number of rotatable bonds is 4. The summed E-state index contributed by atoms with van der Waals surface area (Å²) in [4.78, 5) is 27.0. The first-order valence-electron chi connectivity index (χ1n) is 9.71. The van der Waals surface area contributed by atoms with Crippen molar-refractivity contribution >= 4 is 17.5 Å². The second-order valence-electron chi connectivity index (χ2n) is 7.94. The Balaban J connectivity index is 1.37. The van der Waals surface area contributed by atoms with E-state index in [0.29, 0.717) is 18.9 Å². The lowest BCUT2D eigenvalue weighted by Gasteiger charge is -2.49. The van der Waals surface area contributed by atoms with Gasteiger partial charge in [0.05, 0.1) is 0 Å². The number of nitrogens with one attached hydrogen (secondary N) is 2. The van der Waals surface area contributed by atoms with Crippen molar-refractivity contribution in [3.8, 4) is 0 Å². The first kappa shape index (κ1) is 17.3. The van der Waals surface area contributed by atoms with Crippen molar-refractivity contribution in [2.45, 2.75) is 57.2 Å².